The maximum Gasteiger partial charge on any atom is 0.0719 e. The predicted molar refractivity (Wildman–Crippen MR) is 59.2 cm³/mol. The Kier molecular flexibility index (Phi) is 4.63. The maximum absolute atomic E-state index is 5.50. The molecule has 0 atom stereocenters. The average Bonchev–Trinajstić information content (AvgIpc) is 2.15. The van der Waals surface area contributed by atoms with E-state index in [1.165, 1.54) is 16.7 Å². The van der Waals surface area contributed by atoms with Gasteiger partial charge in [0.15, 0.2) is 0 Å². The molecule has 0 amide bonds. The van der Waals surface area contributed by atoms with Gasteiger partial charge in [0, 0.05) is 6.61 Å². The standard InChI is InChI=1S/C12H19NO/c1-10-4-5-12(11(2)8-10)9-14-7-3-6-13/h4-5,8H,3,6-7,9,13H2,1-2H3. The summed E-state index contributed by atoms with van der Waals surface area (Å²) in [6.45, 7) is 6.38. The van der Waals surface area contributed by atoms with E-state index >= 15 is 0 Å². The highest BCUT2D eigenvalue weighted by atomic mass is 16.5. The Balaban J connectivity index is 2.42. The monoisotopic (exact) mass is 193 g/mol. The smallest absolute Gasteiger partial charge is 0.0719 e. The third kappa shape index (κ3) is 3.48. The number of hydrogen-bond acceptors (Lipinski definition) is 2. The number of rotatable bonds is 5. The molecular weight excluding hydrogens is 174 g/mol. The fraction of sp³-hybridized carbons (Fsp3) is 0.500. The van der Waals surface area contributed by atoms with Crippen LogP contribution in [0.5, 0.6) is 0 Å². The Labute approximate surface area is 86.1 Å². The van der Waals surface area contributed by atoms with Crippen LogP contribution in [0, 0.1) is 13.8 Å². The van der Waals surface area contributed by atoms with Gasteiger partial charge < -0.3 is 10.5 Å². The molecule has 0 heterocycles. The molecule has 1 rings (SSSR count). The topological polar surface area (TPSA) is 35.2 Å². The summed E-state index contributed by atoms with van der Waals surface area (Å²) in [6.07, 6.45) is 0.935. The Morgan fingerprint density at radius 1 is 1.29 bits per heavy atom. The minimum atomic E-state index is 0.701. The second-order valence-corrected chi connectivity index (χ2v) is 3.62. The molecule has 2 nitrogen and oxygen atoms in total. The summed E-state index contributed by atoms with van der Waals surface area (Å²) in [6, 6.07) is 6.43. The van der Waals surface area contributed by atoms with Crippen LogP contribution in [0.2, 0.25) is 0 Å². The molecule has 0 aliphatic heterocycles. The summed E-state index contributed by atoms with van der Waals surface area (Å²) in [5.41, 5.74) is 9.25. The molecule has 2 heteroatoms. The van der Waals surface area contributed by atoms with Gasteiger partial charge >= 0.3 is 0 Å². The van der Waals surface area contributed by atoms with Crippen LogP contribution in [0.1, 0.15) is 23.1 Å². The van der Waals surface area contributed by atoms with E-state index in [1.54, 1.807) is 0 Å². The van der Waals surface area contributed by atoms with Gasteiger partial charge in [0.2, 0.25) is 0 Å². The SMILES string of the molecule is Cc1ccc(COCCCN)c(C)c1. The zero-order chi connectivity index (χ0) is 10.4. The van der Waals surface area contributed by atoms with Gasteiger partial charge in [0.1, 0.15) is 0 Å². The minimum Gasteiger partial charge on any atom is -0.377 e. The molecule has 0 saturated heterocycles. The zero-order valence-electron chi connectivity index (χ0n) is 9.05. The van der Waals surface area contributed by atoms with E-state index in [0.717, 1.165) is 13.0 Å². The minimum absolute atomic E-state index is 0.701. The summed E-state index contributed by atoms with van der Waals surface area (Å²) in [5, 5.41) is 0. The van der Waals surface area contributed by atoms with E-state index in [-0.39, 0.29) is 0 Å². The van der Waals surface area contributed by atoms with Crippen LogP contribution < -0.4 is 5.73 Å². The molecule has 78 valence electrons. The summed E-state index contributed by atoms with van der Waals surface area (Å²) < 4.78 is 5.50. The highest BCUT2D eigenvalue weighted by molar-refractivity contribution is 5.29. The molecule has 0 aliphatic rings. The largest absolute Gasteiger partial charge is 0.377 e. The molecule has 0 aliphatic carbocycles. The zero-order valence-corrected chi connectivity index (χ0v) is 9.05. The van der Waals surface area contributed by atoms with Gasteiger partial charge in [-0.25, -0.2) is 0 Å². The van der Waals surface area contributed by atoms with Crippen molar-refractivity contribution in [2.45, 2.75) is 26.9 Å². The Morgan fingerprint density at radius 2 is 2.07 bits per heavy atom. The molecule has 2 N–H and O–H groups in total. The average molecular weight is 193 g/mol. The lowest BCUT2D eigenvalue weighted by Crippen LogP contribution is -2.04. The molecular formula is C12H19NO. The van der Waals surface area contributed by atoms with Gasteiger partial charge in [-0.2, -0.15) is 0 Å². The van der Waals surface area contributed by atoms with E-state index in [0.29, 0.717) is 13.2 Å². The first kappa shape index (κ1) is 11.2. The molecule has 1 aromatic carbocycles. The van der Waals surface area contributed by atoms with E-state index in [4.69, 9.17) is 10.5 Å². The van der Waals surface area contributed by atoms with Gasteiger partial charge in [0.25, 0.3) is 0 Å². The van der Waals surface area contributed by atoms with Crippen molar-refractivity contribution in [1.82, 2.24) is 0 Å². The van der Waals surface area contributed by atoms with Crippen molar-refractivity contribution in [3.8, 4) is 0 Å². The molecule has 0 radical (unpaired) electrons. The number of benzene rings is 1. The number of aryl methyl sites for hydroxylation is 2. The normalized spacial score (nSPS) is 10.5. The molecule has 0 fully saturated rings. The van der Waals surface area contributed by atoms with Crippen LogP contribution in [0.4, 0.5) is 0 Å². The van der Waals surface area contributed by atoms with Gasteiger partial charge in [-0.15, -0.1) is 0 Å². The van der Waals surface area contributed by atoms with Crippen molar-refractivity contribution < 1.29 is 4.74 Å². The van der Waals surface area contributed by atoms with E-state index in [2.05, 4.69) is 32.0 Å². The highest BCUT2D eigenvalue weighted by Crippen LogP contribution is 2.11. The lowest BCUT2D eigenvalue weighted by atomic mass is 10.1. The fourth-order valence-corrected chi connectivity index (χ4v) is 1.38. The van der Waals surface area contributed by atoms with E-state index in [9.17, 15) is 0 Å². The van der Waals surface area contributed by atoms with E-state index < -0.39 is 0 Å². The molecule has 0 bridgehead atoms. The Hall–Kier alpha value is -0.860. The van der Waals surface area contributed by atoms with Crippen molar-refractivity contribution in [1.29, 1.82) is 0 Å². The fourth-order valence-electron chi connectivity index (χ4n) is 1.38. The molecule has 14 heavy (non-hydrogen) atoms. The number of nitrogens with two attached hydrogens (primary N) is 1. The van der Waals surface area contributed by atoms with Crippen LogP contribution in [0.25, 0.3) is 0 Å². The maximum atomic E-state index is 5.50. The summed E-state index contributed by atoms with van der Waals surface area (Å²) in [7, 11) is 0. The third-order valence-corrected chi connectivity index (χ3v) is 2.25. The lowest BCUT2D eigenvalue weighted by Gasteiger charge is -2.07. The summed E-state index contributed by atoms with van der Waals surface area (Å²) in [5.74, 6) is 0. The molecule has 0 aromatic heterocycles. The van der Waals surface area contributed by atoms with Crippen molar-refractivity contribution in [2.24, 2.45) is 5.73 Å². The van der Waals surface area contributed by atoms with Gasteiger partial charge in [-0.05, 0) is 37.9 Å². The number of ether oxygens (including phenoxy) is 1. The van der Waals surface area contributed by atoms with Gasteiger partial charge in [-0.3, -0.25) is 0 Å². The highest BCUT2D eigenvalue weighted by Gasteiger charge is 1.98. The second-order valence-electron chi connectivity index (χ2n) is 3.62. The molecule has 0 saturated carbocycles. The van der Waals surface area contributed by atoms with Crippen molar-refractivity contribution >= 4 is 0 Å². The third-order valence-electron chi connectivity index (χ3n) is 2.25. The Bertz CT molecular complexity index is 284. The predicted octanol–water partition coefficient (Wildman–Crippen LogP) is 2.17. The van der Waals surface area contributed by atoms with Gasteiger partial charge in [0.05, 0.1) is 6.61 Å². The molecule has 1 aromatic rings. The first-order chi connectivity index (χ1) is 6.74. The van der Waals surface area contributed by atoms with Crippen LogP contribution >= 0.6 is 0 Å². The van der Waals surface area contributed by atoms with E-state index in [1.807, 2.05) is 0 Å². The van der Waals surface area contributed by atoms with Gasteiger partial charge in [-0.1, -0.05) is 23.8 Å². The van der Waals surface area contributed by atoms with Crippen molar-refractivity contribution in [3.63, 3.8) is 0 Å². The second kappa shape index (κ2) is 5.78. The van der Waals surface area contributed by atoms with Crippen LogP contribution in [0.15, 0.2) is 18.2 Å². The first-order valence-corrected chi connectivity index (χ1v) is 5.08. The van der Waals surface area contributed by atoms with Crippen molar-refractivity contribution in [2.75, 3.05) is 13.2 Å². The summed E-state index contributed by atoms with van der Waals surface area (Å²) >= 11 is 0. The molecule has 0 spiro atoms. The summed E-state index contributed by atoms with van der Waals surface area (Å²) in [4.78, 5) is 0. The van der Waals surface area contributed by atoms with Crippen LogP contribution in [-0.4, -0.2) is 13.2 Å². The first-order valence-electron chi connectivity index (χ1n) is 5.08. The number of hydrogen-bond donors (Lipinski definition) is 1. The lowest BCUT2D eigenvalue weighted by molar-refractivity contribution is 0.119. The van der Waals surface area contributed by atoms with Crippen LogP contribution in [-0.2, 0) is 11.3 Å². The molecule has 0 unspecified atom stereocenters. The van der Waals surface area contributed by atoms with Crippen molar-refractivity contribution in [3.05, 3.63) is 34.9 Å². The quantitative estimate of drug-likeness (QED) is 0.727. The Morgan fingerprint density at radius 3 is 2.71 bits per heavy atom. The van der Waals surface area contributed by atoms with Crippen LogP contribution in [0.3, 0.4) is 0 Å².